The molecular formula is C26H26N2O8S. The number of carbonyl (C=O) groups is 2. The Hall–Kier alpha value is -4.51. The Morgan fingerprint density at radius 3 is 2.19 bits per heavy atom. The maximum Gasteiger partial charge on any atom is 0.339 e. The lowest BCUT2D eigenvalue weighted by atomic mass is 10.2. The smallest absolute Gasteiger partial charge is 0.339 e. The fraction of sp³-hybridized carbons (Fsp3) is 0.154. The van der Waals surface area contributed by atoms with E-state index in [1.54, 1.807) is 42.5 Å². The molecule has 0 heterocycles. The quantitative estimate of drug-likeness (QED) is 0.234. The number of methoxy groups -OCH3 is 2. The SMILES string of the molecule is COc1ccccc1OCC(=O)NNC(=O)/C=C/c1ccc(OS(=O)(=O)c2ccc(C)cc2)c(OC)c1. The molecule has 0 atom stereocenters. The lowest BCUT2D eigenvalue weighted by Gasteiger charge is -2.11. The maximum absolute atomic E-state index is 12.6. The lowest BCUT2D eigenvalue weighted by molar-refractivity contribution is -0.128. The van der Waals surface area contributed by atoms with Gasteiger partial charge >= 0.3 is 10.1 Å². The molecule has 0 radical (unpaired) electrons. The summed E-state index contributed by atoms with van der Waals surface area (Å²) < 4.78 is 46.2. The van der Waals surface area contributed by atoms with E-state index in [2.05, 4.69) is 10.9 Å². The average molecular weight is 527 g/mol. The summed E-state index contributed by atoms with van der Waals surface area (Å²) in [7, 11) is -1.21. The largest absolute Gasteiger partial charge is 0.493 e. The Kier molecular flexibility index (Phi) is 9.11. The van der Waals surface area contributed by atoms with Crippen molar-refractivity contribution < 1.29 is 36.4 Å². The Morgan fingerprint density at radius 2 is 1.51 bits per heavy atom. The van der Waals surface area contributed by atoms with E-state index in [9.17, 15) is 18.0 Å². The number of nitrogens with one attached hydrogen (secondary N) is 2. The predicted octanol–water partition coefficient (Wildman–Crippen LogP) is 3.02. The first-order chi connectivity index (χ1) is 17.7. The molecule has 11 heteroatoms. The van der Waals surface area contributed by atoms with E-state index in [1.165, 1.54) is 50.6 Å². The van der Waals surface area contributed by atoms with Gasteiger partial charge in [0.2, 0.25) is 0 Å². The zero-order valence-corrected chi connectivity index (χ0v) is 21.2. The van der Waals surface area contributed by atoms with E-state index in [0.717, 1.165) is 5.56 Å². The zero-order valence-electron chi connectivity index (χ0n) is 20.4. The van der Waals surface area contributed by atoms with Crippen molar-refractivity contribution in [3.05, 3.63) is 83.9 Å². The normalized spacial score (nSPS) is 11.0. The molecule has 3 aromatic carbocycles. The topological polar surface area (TPSA) is 129 Å². The fourth-order valence-electron chi connectivity index (χ4n) is 2.99. The molecular weight excluding hydrogens is 500 g/mol. The van der Waals surface area contributed by atoms with Crippen molar-refractivity contribution in [2.24, 2.45) is 0 Å². The first-order valence-electron chi connectivity index (χ1n) is 10.9. The molecule has 0 saturated heterocycles. The number of para-hydroxylation sites is 2. The van der Waals surface area contributed by atoms with Gasteiger partial charge in [0.05, 0.1) is 14.2 Å². The van der Waals surface area contributed by atoms with Crippen LogP contribution in [0.3, 0.4) is 0 Å². The van der Waals surface area contributed by atoms with Crippen molar-refractivity contribution in [3.8, 4) is 23.0 Å². The van der Waals surface area contributed by atoms with Crippen LogP contribution in [-0.2, 0) is 19.7 Å². The Balaban J connectivity index is 1.55. The lowest BCUT2D eigenvalue weighted by Crippen LogP contribution is -2.43. The molecule has 0 aliphatic rings. The van der Waals surface area contributed by atoms with Crippen LogP contribution in [0.5, 0.6) is 23.0 Å². The van der Waals surface area contributed by atoms with Crippen LogP contribution in [0.15, 0.2) is 77.7 Å². The van der Waals surface area contributed by atoms with Gasteiger partial charge in [-0.2, -0.15) is 8.42 Å². The van der Waals surface area contributed by atoms with Crippen molar-refractivity contribution in [1.82, 2.24) is 10.9 Å². The van der Waals surface area contributed by atoms with E-state index in [1.807, 2.05) is 6.92 Å². The number of ether oxygens (including phenoxy) is 3. The fourth-order valence-corrected chi connectivity index (χ4v) is 3.93. The summed E-state index contributed by atoms with van der Waals surface area (Å²) in [6.07, 6.45) is 2.63. The molecule has 37 heavy (non-hydrogen) atoms. The summed E-state index contributed by atoms with van der Waals surface area (Å²) in [6.45, 7) is 1.51. The first kappa shape index (κ1) is 27.1. The first-order valence-corrected chi connectivity index (χ1v) is 12.3. The van der Waals surface area contributed by atoms with Gasteiger partial charge in [-0.05, 0) is 55.0 Å². The predicted molar refractivity (Wildman–Crippen MR) is 136 cm³/mol. The van der Waals surface area contributed by atoms with Crippen LogP contribution >= 0.6 is 0 Å². The van der Waals surface area contributed by atoms with Gasteiger partial charge in [0.25, 0.3) is 11.8 Å². The van der Waals surface area contributed by atoms with E-state index in [0.29, 0.717) is 17.1 Å². The van der Waals surface area contributed by atoms with Crippen LogP contribution in [0.25, 0.3) is 6.08 Å². The zero-order chi connectivity index (χ0) is 26.8. The van der Waals surface area contributed by atoms with E-state index >= 15 is 0 Å². The van der Waals surface area contributed by atoms with Crippen molar-refractivity contribution in [2.75, 3.05) is 20.8 Å². The van der Waals surface area contributed by atoms with Crippen LogP contribution in [-0.4, -0.2) is 41.1 Å². The van der Waals surface area contributed by atoms with Crippen molar-refractivity contribution in [2.45, 2.75) is 11.8 Å². The van der Waals surface area contributed by atoms with E-state index in [4.69, 9.17) is 18.4 Å². The molecule has 0 saturated carbocycles. The molecule has 0 spiro atoms. The third kappa shape index (κ3) is 7.74. The second kappa shape index (κ2) is 12.5. The molecule has 0 aliphatic heterocycles. The van der Waals surface area contributed by atoms with Crippen LogP contribution in [0.4, 0.5) is 0 Å². The van der Waals surface area contributed by atoms with Gasteiger partial charge in [-0.3, -0.25) is 20.4 Å². The second-order valence-electron chi connectivity index (χ2n) is 7.57. The van der Waals surface area contributed by atoms with Crippen LogP contribution < -0.4 is 29.2 Å². The molecule has 10 nitrogen and oxygen atoms in total. The van der Waals surface area contributed by atoms with Gasteiger partial charge in [-0.15, -0.1) is 0 Å². The summed E-state index contributed by atoms with van der Waals surface area (Å²) in [6, 6.07) is 17.6. The molecule has 2 amide bonds. The number of carbonyl (C=O) groups excluding carboxylic acids is 2. The monoisotopic (exact) mass is 526 g/mol. The van der Waals surface area contributed by atoms with Crippen molar-refractivity contribution >= 4 is 28.0 Å². The number of hydrogen-bond donors (Lipinski definition) is 2. The number of aryl methyl sites for hydroxylation is 1. The minimum absolute atomic E-state index is 0.00742. The highest BCUT2D eigenvalue weighted by molar-refractivity contribution is 7.87. The molecule has 3 aromatic rings. The molecule has 0 bridgehead atoms. The Bertz CT molecular complexity index is 1390. The summed E-state index contributed by atoms with van der Waals surface area (Å²) in [5, 5.41) is 0. The van der Waals surface area contributed by atoms with Crippen LogP contribution in [0, 0.1) is 6.92 Å². The molecule has 0 aromatic heterocycles. The summed E-state index contributed by atoms with van der Waals surface area (Å²) in [5.41, 5.74) is 5.91. The third-order valence-electron chi connectivity index (χ3n) is 4.88. The molecule has 194 valence electrons. The molecule has 0 fully saturated rings. The highest BCUT2D eigenvalue weighted by atomic mass is 32.2. The summed E-state index contributed by atoms with van der Waals surface area (Å²) in [5.74, 6) is -0.175. The van der Waals surface area contributed by atoms with Gasteiger partial charge in [0, 0.05) is 6.08 Å². The van der Waals surface area contributed by atoms with Gasteiger partial charge < -0.3 is 18.4 Å². The van der Waals surface area contributed by atoms with E-state index < -0.39 is 21.9 Å². The van der Waals surface area contributed by atoms with Crippen LogP contribution in [0.2, 0.25) is 0 Å². The Labute approximate surface area is 214 Å². The minimum Gasteiger partial charge on any atom is -0.493 e. The molecule has 0 aliphatic carbocycles. The maximum atomic E-state index is 12.6. The number of rotatable bonds is 10. The minimum atomic E-state index is -4.06. The third-order valence-corrected chi connectivity index (χ3v) is 6.13. The standard InChI is InChI=1S/C26H26N2O8S/c1-18-8-12-20(13-9-18)37(31,32)36-23-14-10-19(16-24(23)34-3)11-15-25(29)27-28-26(30)17-35-22-7-5-4-6-21(22)33-2/h4-16H,17H2,1-3H3,(H,27,29)(H,28,30)/b15-11+. The molecule has 0 unspecified atom stereocenters. The van der Waals surface area contributed by atoms with E-state index in [-0.39, 0.29) is 23.0 Å². The number of hydrazine groups is 1. The Morgan fingerprint density at radius 1 is 0.838 bits per heavy atom. The molecule has 3 rings (SSSR count). The summed E-state index contributed by atoms with van der Waals surface area (Å²) >= 11 is 0. The number of hydrogen-bond acceptors (Lipinski definition) is 8. The molecule has 2 N–H and O–H groups in total. The van der Waals surface area contributed by atoms with Gasteiger partial charge in [0.15, 0.2) is 29.6 Å². The number of amides is 2. The van der Waals surface area contributed by atoms with Crippen molar-refractivity contribution in [3.63, 3.8) is 0 Å². The number of benzene rings is 3. The average Bonchev–Trinajstić information content (AvgIpc) is 2.90. The van der Waals surface area contributed by atoms with Gasteiger partial charge in [-0.1, -0.05) is 35.9 Å². The van der Waals surface area contributed by atoms with Gasteiger partial charge in [0.1, 0.15) is 4.90 Å². The highest BCUT2D eigenvalue weighted by Crippen LogP contribution is 2.31. The van der Waals surface area contributed by atoms with Crippen molar-refractivity contribution in [1.29, 1.82) is 0 Å². The summed E-state index contributed by atoms with van der Waals surface area (Å²) in [4.78, 5) is 24.0. The second-order valence-corrected chi connectivity index (χ2v) is 9.12. The van der Waals surface area contributed by atoms with Crippen LogP contribution in [0.1, 0.15) is 11.1 Å². The highest BCUT2D eigenvalue weighted by Gasteiger charge is 2.19. The van der Waals surface area contributed by atoms with Gasteiger partial charge in [-0.25, -0.2) is 0 Å².